The molecule has 4 rings (SSSR count). The van der Waals surface area contributed by atoms with E-state index in [1.54, 1.807) is 0 Å². The molecule has 3 N–H and O–H groups in total. The molecule has 2 aromatic carbocycles. The van der Waals surface area contributed by atoms with Gasteiger partial charge >= 0.3 is 0 Å². The van der Waals surface area contributed by atoms with E-state index in [4.69, 9.17) is 0 Å². The SMILES string of the molecule is CCc1ccc2c(c1)[C@@H](NC[C@@H](O)[C@H](Cc1cc(F)cc(F)c1)NC(=O)C1CCCC1)CS(=O)(=O)C2. The summed E-state index contributed by atoms with van der Waals surface area (Å²) < 4.78 is 52.6. The topological polar surface area (TPSA) is 95.5 Å². The quantitative estimate of drug-likeness (QED) is 0.471. The number of fused-ring (bicyclic) bond motifs is 1. The Bertz CT molecular complexity index is 1180. The van der Waals surface area contributed by atoms with Crippen molar-refractivity contribution in [3.8, 4) is 0 Å². The number of hydrogen-bond acceptors (Lipinski definition) is 5. The van der Waals surface area contributed by atoms with Gasteiger partial charge in [0.2, 0.25) is 5.91 Å². The Kier molecular flexibility index (Phi) is 8.42. The second-order valence-corrected chi connectivity index (χ2v) is 12.2. The third kappa shape index (κ3) is 6.69. The van der Waals surface area contributed by atoms with Gasteiger partial charge in [-0.3, -0.25) is 4.79 Å². The Labute approximate surface area is 211 Å². The van der Waals surface area contributed by atoms with E-state index in [-0.39, 0.29) is 36.3 Å². The summed E-state index contributed by atoms with van der Waals surface area (Å²) in [6.07, 6.45) is 3.23. The zero-order valence-corrected chi connectivity index (χ0v) is 21.3. The van der Waals surface area contributed by atoms with Crippen molar-refractivity contribution >= 4 is 15.7 Å². The van der Waals surface area contributed by atoms with Gasteiger partial charge in [-0.1, -0.05) is 38.0 Å². The van der Waals surface area contributed by atoms with Crippen molar-refractivity contribution in [1.82, 2.24) is 10.6 Å². The summed E-state index contributed by atoms with van der Waals surface area (Å²) in [6.45, 7) is 2.03. The molecule has 0 aromatic heterocycles. The van der Waals surface area contributed by atoms with Crippen LogP contribution in [0.1, 0.15) is 60.9 Å². The lowest BCUT2D eigenvalue weighted by Gasteiger charge is -2.30. The van der Waals surface area contributed by atoms with E-state index in [0.717, 1.165) is 54.9 Å². The van der Waals surface area contributed by atoms with E-state index < -0.39 is 39.7 Å². The first-order valence-electron chi connectivity index (χ1n) is 12.6. The maximum Gasteiger partial charge on any atom is 0.223 e. The van der Waals surface area contributed by atoms with E-state index in [1.165, 1.54) is 12.1 Å². The highest BCUT2D eigenvalue weighted by Gasteiger charge is 2.32. The maximum absolute atomic E-state index is 13.8. The number of amides is 1. The number of aryl methyl sites for hydroxylation is 1. The highest BCUT2D eigenvalue weighted by atomic mass is 32.2. The second kappa shape index (κ2) is 11.4. The van der Waals surface area contributed by atoms with Gasteiger partial charge in [0.25, 0.3) is 0 Å². The van der Waals surface area contributed by atoms with Gasteiger partial charge in [-0.25, -0.2) is 17.2 Å². The monoisotopic (exact) mass is 520 g/mol. The molecule has 36 heavy (non-hydrogen) atoms. The van der Waals surface area contributed by atoms with Crippen molar-refractivity contribution in [2.45, 2.75) is 69.4 Å². The largest absolute Gasteiger partial charge is 0.390 e. The number of benzene rings is 2. The third-order valence-electron chi connectivity index (χ3n) is 7.26. The molecule has 1 aliphatic heterocycles. The Balaban J connectivity index is 1.51. The molecule has 3 atom stereocenters. The Hall–Kier alpha value is -2.36. The summed E-state index contributed by atoms with van der Waals surface area (Å²) in [5, 5.41) is 17.2. The molecule has 0 radical (unpaired) electrons. The number of aliphatic hydroxyl groups is 1. The van der Waals surface area contributed by atoms with Crippen molar-refractivity contribution in [3.63, 3.8) is 0 Å². The van der Waals surface area contributed by atoms with Crippen molar-refractivity contribution in [2.75, 3.05) is 12.3 Å². The molecule has 1 heterocycles. The molecule has 1 saturated carbocycles. The van der Waals surface area contributed by atoms with Crippen molar-refractivity contribution < 1.29 is 27.1 Å². The average Bonchev–Trinajstić information content (AvgIpc) is 3.35. The van der Waals surface area contributed by atoms with Gasteiger partial charge in [0.05, 0.1) is 23.7 Å². The fourth-order valence-corrected chi connectivity index (χ4v) is 6.95. The van der Waals surface area contributed by atoms with Crippen LogP contribution >= 0.6 is 0 Å². The zero-order chi connectivity index (χ0) is 25.9. The lowest BCUT2D eigenvalue weighted by Crippen LogP contribution is -2.51. The number of sulfone groups is 1. The van der Waals surface area contributed by atoms with Crippen LogP contribution in [0.2, 0.25) is 0 Å². The van der Waals surface area contributed by atoms with Crippen LogP contribution in [0.15, 0.2) is 36.4 Å². The van der Waals surface area contributed by atoms with Gasteiger partial charge in [-0.05, 0) is 60.1 Å². The number of carbonyl (C=O) groups excluding carboxylic acids is 1. The van der Waals surface area contributed by atoms with Crippen LogP contribution in [0.3, 0.4) is 0 Å². The van der Waals surface area contributed by atoms with Gasteiger partial charge in [0, 0.05) is 24.6 Å². The summed E-state index contributed by atoms with van der Waals surface area (Å²) in [4.78, 5) is 12.8. The minimum atomic E-state index is -3.32. The molecule has 9 heteroatoms. The fraction of sp³-hybridized carbons (Fsp3) is 0.519. The third-order valence-corrected chi connectivity index (χ3v) is 8.85. The van der Waals surface area contributed by atoms with Gasteiger partial charge in [-0.2, -0.15) is 0 Å². The Morgan fingerprint density at radius 1 is 1.08 bits per heavy atom. The van der Waals surface area contributed by atoms with Crippen LogP contribution in [0, 0.1) is 17.6 Å². The predicted octanol–water partition coefficient (Wildman–Crippen LogP) is 3.36. The lowest BCUT2D eigenvalue weighted by molar-refractivity contribution is -0.126. The number of halogens is 2. The van der Waals surface area contributed by atoms with Crippen molar-refractivity contribution in [1.29, 1.82) is 0 Å². The number of carbonyl (C=O) groups is 1. The fourth-order valence-electron chi connectivity index (χ4n) is 5.29. The summed E-state index contributed by atoms with van der Waals surface area (Å²) in [7, 11) is -3.32. The predicted molar refractivity (Wildman–Crippen MR) is 134 cm³/mol. The van der Waals surface area contributed by atoms with Crippen LogP contribution in [-0.2, 0) is 33.2 Å². The molecule has 1 aliphatic carbocycles. The highest BCUT2D eigenvalue weighted by Crippen LogP contribution is 2.30. The molecular formula is C27H34F2N2O4S. The van der Waals surface area contributed by atoms with Crippen molar-refractivity contribution in [3.05, 3.63) is 70.3 Å². The maximum atomic E-state index is 13.8. The van der Waals surface area contributed by atoms with Crippen molar-refractivity contribution in [2.24, 2.45) is 5.92 Å². The Morgan fingerprint density at radius 2 is 1.78 bits per heavy atom. The average molecular weight is 521 g/mol. The van der Waals surface area contributed by atoms with Crippen LogP contribution in [0.25, 0.3) is 0 Å². The standard InChI is InChI=1S/C27H34F2N2O4S/c1-2-17-7-8-20-15-36(34,35)16-25(23(20)11-17)30-14-26(32)24(31-27(33)19-5-3-4-6-19)12-18-9-21(28)13-22(29)10-18/h7-11,13,19,24-26,30,32H,2-6,12,14-16H2,1H3,(H,31,33)/t24-,25-,26+/m0/s1. The van der Waals surface area contributed by atoms with Crippen LogP contribution in [0.4, 0.5) is 8.78 Å². The first-order chi connectivity index (χ1) is 17.1. The van der Waals surface area contributed by atoms with Gasteiger partial charge in [0.15, 0.2) is 9.84 Å². The smallest absolute Gasteiger partial charge is 0.223 e. The summed E-state index contributed by atoms with van der Waals surface area (Å²) in [5.41, 5.74) is 3.05. The van der Waals surface area contributed by atoms with Gasteiger partial charge in [-0.15, -0.1) is 0 Å². The summed E-state index contributed by atoms with van der Waals surface area (Å²) >= 11 is 0. The van der Waals surface area contributed by atoms with E-state index >= 15 is 0 Å². The molecule has 0 bridgehead atoms. The molecule has 2 aliphatic rings. The number of aliphatic hydroxyl groups excluding tert-OH is 1. The van der Waals surface area contributed by atoms with Gasteiger partial charge < -0.3 is 15.7 Å². The van der Waals surface area contributed by atoms with Crippen LogP contribution < -0.4 is 10.6 Å². The van der Waals surface area contributed by atoms with E-state index in [2.05, 4.69) is 10.6 Å². The first kappa shape index (κ1) is 26.7. The summed E-state index contributed by atoms with van der Waals surface area (Å²) in [6, 6.07) is 7.63. The molecule has 0 spiro atoms. The molecular weight excluding hydrogens is 486 g/mol. The Morgan fingerprint density at radius 3 is 2.44 bits per heavy atom. The first-order valence-corrected chi connectivity index (χ1v) is 14.4. The van der Waals surface area contributed by atoms with E-state index in [1.807, 2.05) is 25.1 Å². The molecule has 6 nitrogen and oxygen atoms in total. The van der Waals surface area contributed by atoms with Gasteiger partial charge in [0.1, 0.15) is 11.6 Å². The minimum Gasteiger partial charge on any atom is -0.390 e. The molecule has 196 valence electrons. The number of rotatable bonds is 9. The summed E-state index contributed by atoms with van der Waals surface area (Å²) in [5.74, 6) is -1.87. The molecule has 0 saturated heterocycles. The van der Waals surface area contributed by atoms with Crippen LogP contribution in [0.5, 0.6) is 0 Å². The molecule has 1 amide bonds. The van der Waals surface area contributed by atoms with E-state index in [0.29, 0.717) is 5.56 Å². The minimum absolute atomic E-state index is 0.00336. The molecule has 0 unspecified atom stereocenters. The second-order valence-electron chi connectivity index (χ2n) is 10.0. The normalized spacial score (nSPS) is 21.1. The molecule has 1 fully saturated rings. The number of hydrogen-bond donors (Lipinski definition) is 3. The highest BCUT2D eigenvalue weighted by molar-refractivity contribution is 7.90. The molecule has 2 aromatic rings. The van der Waals surface area contributed by atoms with Crippen LogP contribution in [-0.4, -0.2) is 43.9 Å². The zero-order valence-electron chi connectivity index (χ0n) is 20.5. The number of nitrogens with one attached hydrogen (secondary N) is 2. The van der Waals surface area contributed by atoms with E-state index in [9.17, 15) is 27.1 Å². The lowest BCUT2D eigenvalue weighted by atomic mass is 9.96.